The molecule has 1 atom stereocenters. The lowest BCUT2D eigenvalue weighted by Crippen LogP contribution is -2.47. The molecule has 116 valence electrons. The number of carbonyl (C=O) groups is 1. The summed E-state index contributed by atoms with van der Waals surface area (Å²) in [6, 6.07) is 1.98. The SMILES string of the molecule is Cc1cc(CN2CCCC(C(=O)N3CCSCC3)C2)no1. The first-order valence-corrected chi connectivity index (χ1v) is 8.89. The second-order valence-electron chi connectivity index (χ2n) is 5.94. The smallest absolute Gasteiger partial charge is 0.227 e. The first-order valence-electron chi connectivity index (χ1n) is 7.73. The van der Waals surface area contributed by atoms with Crippen LogP contribution in [0.1, 0.15) is 24.3 Å². The van der Waals surface area contributed by atoms with Crippen LogP contribution in [0.25, 0.3) is 0 Å². The monoisotopic (exact) mass is 309 g/mol. The Bertz CT molecular complexity index is 485. The molecule has 0 radical (unpaired) electrons. The van der Waals surface area contributed by atoms with E-state index in [-0.39, 0.29) is 5.92 Å². The van der Waals surface area contributed by atoms with Crippen molar-refractivity contribution in [1.29, 1.82) is 0 Å². The molecule has 0 aliphatic carbocycles. The molecule has 0 saturated carbocycles. The first-order chi connectivity index (χ1) is 10.2. The summed E-state index contributed by atoms with van der Waals surface area (Å²) in [6.07, 6.45) is 2.12. The summed E-state index contributed by atoms with van der Waals surface area (Å²) >= 11 is 1.94. The average Bonchev–Trinajstić information content (AvgIpc) is 2.93. The fourth-order valence-corrected chi connectivity index (χ4v) is 4.07. The number of amides is 1. The summed E-state index contributed by atoms with van der Waals surface area (Å²) in [5, 5.41) is 4.05. The number of nitrogens with zero attached hydrogens (tertiary/aromatic N) is 3. The van der Waals surface area contributed by atoms with E-state index in [2.05, 4.69) is 15.0 Å². The average molecular weight is 309 g/mol. The normalized spacial score (nSPS) is 24.2. The molecular formula is C15H23N3O2S. The van der Waals surface area contributed by atoms with E-state index in [1.807, 2.05) is 24.8 Å². The molecule has 6 heteroatoms. The number of hydrogen-bond donors (Lipinski definition) is 0. The number of rotatable bonds is 3. The maximum atomic E-state index is 12.6. The number of likely N-dealkylation sites (tertiary alicyclic amines) is 1. The van der Waals surface area contributed by atoms with Crippen molar-refractivity contribution in [3.05, 3.63) is 17.5 Å². The van der Waals surface area contributed by atoms with Crippen LogP contribution in [0.5, 0.6) is 0 Å². The Morgan fingerprint density at radius 3 is 2.95 bits per heavy atom. The molecule has 1 unspecified atom stereocenters. The molecule has 3 rings (SSSR count). The van der Waals surface area contributed by atoms with Crippen LogP contribution in [-0.2, 0) is 11.3 Å². The van der Waals surface area contributed by atoms with Crippen LogP contribution < -0.4 is 0 Å². The largest absolute Gasteiger partial charge is 0.361 e. The van der Waals surface area contributed by atoms with Crippen molar-refractivity contribution in [3.63, 3.8) is 0 Å². The Balaban J connectivity index is 1.56. The summed E-state index contributed by atoms with van der Waals surface area (Å²) in [6.45, 7) is 6.44. The summed E-state index contributed by atoms with van der Waals surface area (Å²) in [4.78, 5) is 17.0. The number of carbonyl (C=O) groups excluding carboxylic acids is 1. The summed E-state index contributed by atoms with van der Waals surface area (Å²) < 4.78 is 5.12. The Kier molecular flexibility index (Phi) is 4.85. The second-order valence-corrected chi connectivity index (χ2v) is 7.17. The highest BCUT2D eigenvalue weighted by atomic mass is 32.2. The lowest BCUT2D eigenvalue weighted by molar-refractivity contribution is -0.137. The van der Waals surface area contributed by atoms with Crippen LogP contribution in [0.15, 0.2) is 10.6 Å². The zero-order valence-electron chi connectivity index (χ0n) is 12.6. The molecule has 0 spiro atoms. The van der Waals surface area contributed by atoms with E-state index < -0.39 is 0 Å². The number of hydrogen-bond acceptors (Lipinski definition) is 5. The van der Waals surface area contributed by atoms with Gasteiger partial charge in [-0.15, -0.1) is 0 Å². The highest BCUT2D eigenvalue weighted by Crippen LogP contribution is 2.22. The summed E-state index contributed by atoms with van der Waals surface area (Å²) in [5.41, 5.74) is 0.968. The summed E-state index contributed by atoms with van der Waals surface area (Å²) in [5.74, 6) is 3.53. The quantitative estimate of drug-likeness (QED) is 0.852. The van der Waals surface area contributed by atoms with Crippen LogP contribution >= 0.6 is 11.8 Å². The third-order valence-electron chi connectivity index (χ3n) is 4.24. The van der Waals surface area contributed by atoms with Crippen LogP contribution in [0.4, 0.5) is 0 Å². The molecular weight excluding hydrogens is 286 g/mol. The lowest BCUT2D eigenvalue weighted by atomic mass is 9.96. The maximum absolute atomic E-state index is 12.6. The third-order valence-corrected chi connectivity index (χ3v) is 5.18. The molecule has 0 N–H and O–H groups in total. The van der Waals surface area contributed by atoms with Crippen LogP contribution in [-0.4, -0.2) is 58.5 Å². The van der Waals surface area contributed by atoms with Gasteiger partial charge in [-0.05, 0) is 26.3 Å². The van der Waals surface area contributed by atoms with E-state index in [4.69, 9.17) is 4.52 Å². The van der Waals surface area contributed by atoms with E-state index >= 15 is 0 Å². The Labute approximate surface area is 130 Å². The fraction of sp³-hybridized carbons (Fsp3) is 0.733. The minimum atomic E-state index is 0.162. The molecule has 2 aliphatic rings. The van der Waals surface area contributed by atoms with Gasteiger partial charge in [-0.1, -0.05) is 5.16 Å². The van der Waals surface area contributed by atoms with Crippen LogP contribution in [0, 0.1) is 12.8 Å². The minimum absolute atomic E-state index is 0.162. The van der Waals surface area contributed by atoms with Crippen molar-refractivity contribution in [2.45, 2.75) is 26.3 Å². The summed E-state index contributed by atoms with van der Waals surface area (Å²) in [7, 11) is 0. The predicted molar refractivity (Wildman–Crippen MR) is 83.1 cm³/mol. The van der Waals surface area contributed by atoms with Crippen molar-refractivity contribution in [3.8, 4) is 0 Å². The van der Waals surface area contributed by atoms with Crippen molar-refractivity contribution < 1.29 is 9.32 Å². The number of aryl methyl sites for hydroxylation is 1. The van der Waals surface area contributed by atoms with Gasteiger partial charge in [-0.2, -0.15) is 11.8 Å². The van der Waals surface area contributed by atoms with Gasteiger partial charge in [0.15, 0.2) is 0 Å². The fourth-order valence-electron chi connectivity index (χ4n) is 3.16. The molecule has 2 saturated heterocycles. The van der Waals surface area contributed by atoms with Gasteiger partial charge in [-0.3, -0.25) is 9.69 Å². The van der Waals surface area contributed by atoms with Gasteiger partial charge in [-0.25, -0.2) is 0 Å². The maximum Gasteiger partial charge on any atom is 0.227 e. The van der Waals surface area contributed by atoms with Crippen molar-refractivity contribution >= 4 is 17.7 Å². The zero-order chi connectivity index (χ0) is 14.7. The van der Waals surface area contributed by atoms with Gasteiger partial charge in [0.2, 0.25) is 5.91 Å². The molecule has 0 aromatic carbocycles. The van der Waals surface area contributed by atoms with E-state index in [0.29, 0.717) is 5.91 Å². The predicted octanol–water partition coefficient (Wildman–Crippen LogP) is 1.77. The standard InChI is InChI=1S/C15H23N3O2S/c1-12-9-14(16-20-12)11-17-4-2-3-13(10-17)15(19)18-5-7-21-8-6-18/h9,13H,2-8,10-11H2,1H3. The molecule has 2 aliphatic heterocycles. The molecule has 1 amide bonds. The van der Waals surface area contributed by atoms with E-state index in [0.717, 1.165) is 68.5 Å². The van der Waals surface area contributed by atoms with Crippen LogP contribution in [0.2, 0.25) is 0 Å². The highest BCUT2D eigenvalue weighted by molar-refractivity contribution is 7.99. The number of aromatic nitrogens is 1. The van der Waals surface area contributed by atoms with Gasteiger partial charge in [0.05, 0.1) is 11.6 Å². The van der Waals surface area contributed by atoms with Crippen molar-refractivity contribution in [1.82, 2.24) is 15.0 Å². The number of piperidine rings is 1. The molecule has 1 aromatic rings. The Hall–Kier alpha value is -1.01. The Morgan fingerprint density at radius 2 is 2.24 bits per heavy atom. The van der Waals surface area contributed by atoms with Crippen LogP contribution in [0.3, 0.4) is 0 Å². The van der Waals surface area contributed by atoms with E-state index in [1.54, 1.807) is 0 Å². The topological polar surface area (TPSA) is 49.6 Å². The van der Waals surface area contributed by atoms with Gasteiger partial charge in [0.25, 0.3) is 0 Å². The highest BCUT2D eigenvalue weighted by Gasteiger charge is 2.30. The van der Waals surface area contributed by atoms with Crippen molar-refractivity contribution in [2.24, 2.45) is 5.92 Å². The van der Waals surface area contributed by atoms with Gasteiger partial charge >= 0.3 is 0 Å². The van der Waals surface area contributed by atoms with Gasteiger partial charge < -0.3 is 9.42 Å². The lowest BCUT2D eigenvalue weighted by Gasteiger charge is -2.35. The molecule has 5 nitrogen and oxygen atoms in total. The zero-order valence-corrected chi connectivity index (χ0v) is 13.4. The molecule has 1 aromatic heterocycles. The molecule has 3 heterocycles. The number of thioether (sulfide) groups is 1. The molecule has 2 fully saturated rings. The van der Waals surface area contributed by atoms with Gasteiger partial charge in [0.1, 0.15) is 5.76 Å². The molecule has 0 bridgehead atoms. The second kappa shape index (κ2) is 6.83. The molecule has 21 heavy (non-hydrogen) atoms. The van der Waals surface area contributed by atoms with E-state index in [9.17, 15) is 4.79 Å². The van der Waals surface area contributed by atoms with Crippen molar-refractivity contribution in [2.75, 3.05) is 37.7 Å². The van der Waals surface area contributed by atoms with E-state index in [1.165, 1.54) is 0 Å². The third kappa shape index (κ3) is 3.80. The first kappa shape index (κ1) is 14.9. The Morgan fingerprint density at radius 1 is 1.43 bits per heavy atom. The minimum Gasteiger partial charge on any atom is -0.361 e. The van der Waals surface area contributed by atoms with Gasteiger partial charge in [0, 0.05) is 43.8 Å².